The predicted molar refractivity (Wildman–Crippen MR) is 77.0 cm³/mol. The summed E-state index contributed by atoms with van der Waals surface area (Å²) in [5.41, 5.74) is 5.31. The molecule has 1 aromatic carbocycles. The molecule has 1 aromatic rings. The molecular formula is C14H19N3O4. The van der Waals surface area contributed by atoms with Gasteiger partial charge in [-0.3, -0.25) is 9.59 Å². The van der Waals surface area contributed by atoms with Crippen LogP contribution in [-0.4, -0.2) is 43.7 Å². The molecule has 0 atom stereocenters. The summed E-state index contributed by atoms with van der Waals surface area (Å²) in [5, 5.41) is 5.80. The van der Waals surface area contributed by atoms with E-state index in [0.717, 1.165) is 13.1 Å². The largest absolute Gasteiger partial charge is 0.484 e. The van der Waals surface area contributed by atoms with Crippen LogP contribution >= 0.6 is 0 Å². The molecule has 0 unspecified atom stereocenters. The lowest BCUT2D eigenvalue weighted by Crippen LogP contribution is -2.59. The van der Waals surface area contributed by atoms with Crippen molar-refractivity contribution in [1.29, 1.82) is 0 Å². The SMILES string of the molecule is CC1(OCC(=O)Nc2cccc(OCC(N)=O)c2)CNC1. The first-order valence-corrected chi connectivity index (χ1v) is 6.63. The maximum atomic E-state index is 11.8. The molecule has 7 heteroatoms. The first-order chi connectivity index (χ1) is 9.97. The Balaban J connectivity index is 1.82. The minimum absolute atomic E-state index is 0.00937. The van der Waals surface area contributed by atoms with Crippen LogP contribution in [0.2, 0.25) is 0 Å². The standard InChI is InChI=1S/C14H19N3O4/c1-14(8-16-9-14)21-7-13(19)17-10-3-2-4-11(5-10)20-6-12(15)18/h2-5,16H,6-9H2,1H3,(H2,15,18)(H,17,19). The normalized spacial score (nSPS) is 15.9. The van der Waals surface area contributed by atoms with Gasteiger partial charge in [0.2, 0.25) is 5.91 Å². The highest BCUT2D eigenvalue weighted by molar-refractivity contribution is 5.91. The molecule has 0 saturated carbocycles. The summed E-state index contributed by atoms with van der Waals surface area (Å²) in [6.07, 6.45) is 0. The number of anilines is 1. The number of carbonyl (C=O) groups excluding carboxylic acids is 2. The van der Waals surface area contributed by atoms with E-state index in [-0.39, 0.29) is 24.7 Å². The molecule has 1 aliphatic rings. The fourth-order valence-corrected chi connectivity index (χ4v) is 1.83. The molecule has 2 rings (SSSR count). The average Bonchev–Trinajstić information content (AvgIpc) is 2.41. The Bertz CT molecular complexity index is 529. The lowest BCUT2D eigenvalue weighted by Gasteiger charge is -2.38. The number of nitrogens with one attached hydrogen (secondary N) is 2. The molecule has 7 nitrogen and oxygen atoms in total. The first-order valence-electron chi connectivity index (χ1n) is 6.63. The summed E-state index contributed by atoms with van der Waals surface area (Å²) in [6, 6.07) is 6.73. The van der Waals surface area contributed by atoms with Crippen molar-refractivity contribution < 1.29 is 19.1 Å². The van der Waals surface area contributed by atoms with Crippen LogP contribution in [-0.2, 0) is 14.3 Å². The van der Waals surface area contributed by atoms with Crippen molar-refractivity contribution in [3.8, 4) is 5.75 Å². The van der Waals surface area contributed by atoms with Crippen molar-refractivity contribution in [2.75, 3.05) is 31.6 Å². The predicted octanol–water partition coefficient (Wildman–Crippen LogP) is -0.132. The van der Waals surface area contributed by atoms with Gasteiger partial charge in [-0.2, -0.15) is 0 Å². The Morgan fingerprint density at radius 1 is 1.38 bits per heavy atom. The summed E-state index contributed by atoms with van der Waals surface area (Å²) in [6.45, 7) is 3.24. The number of hydrogen-bond acceptors (Lipinski definition) is 5. The molecule has 2 amide bonds. The van der Waals surface area contributed by atoms with Gasteiger partial charge in [-0.05, 0) is 19.1 Å². The van der Waals surface area contributed by atoms with Crippen LogP contribution in [0, 0.1) is 0 Å². The van der Waals surface area contributed by atoms with Gasteiger partial charge in [0.15, 0.2) is 6.61 Å². The zero-order valence-electron chi connectivity index (χ0n) is 11.8. The highest BCUT2D eigenvalue weighted by Gasteiger charge is 2.32. The van der Waals surface area contributed by atoms with Crippen LogP contribution in [0.1, 0.15) is 6.92 Å². The molecule has 0 aliphatic carbocycles. The quantitative estimate of drug-likeness (QED) is 0.650. The Kier molecular flexibility index (Phi) is 4.77. The lowest BCUT2D eigenvalue weighted by molar-refractivity contribution is -0.130. The van der Waals surface area contributed by atoms with Crippen LogP contribution in [0.5, 0.6) is 5.75 Å². The van der Waals surface area contributed by atoms with Gasteiger partial charge >= 0.3 is 0 Å². The van der Waals surface area contributed by atoms with Gasteiger partial charge in [0.25, 0.3) is 5.91 Å². The molecule has 1 saturated heterocycles. The zero-order valence-corrected chi connectivity index (χ0v) is 11.8. The minimum atomic E-state index is -0.555. The summed E-state index contributed by atoms with van der Waals surface area (Å²) in [4.78, 5) is 22.5. The number of carbonyl (C=O) groups is 2. The monoisotopic (exact) mass is 293 g/mol. The highest BCUT2D eigenvalue weighted by atomic mass is 16.5. The van der Waals surface area contributed by atoms with Crippen molar-refractivity contribution in [1.82, 2.24) is 5.32 Å². The van der Waals surface area contributed by atoms with E-state index in [9.17, 15) is 9.59 Å². The van der Waals surface area contributed by atoms with Gasteiger partial charge < -0.3 is 25.8 Å². The molecular weight excluding hydrogens is 274 g/mol. The van der Waals surface area contributed by atoms with E-state index < -0.39 is 5.91 Å². The molecule has 114 valence electrons. The fourth-order valence-electron chi connectivity index (χ4n) is 1.83. The van der Waals surface area contributed by atoms with Crippen molar-refractivity contribution in [3.05, 3.63) is 24.3 Å². The van der Waals surface area contributed by atoms with Gasteiger partial charge in [0.05, 0.1) is 5.60 Å². The summed E-state index contributed by atoms with van der Waals surface area (Å²) >= 11 is 0. The maximum Gasteiger partial charge on any atom is 0.255 e. The number of nitrogens with two attached hydrogens (primary N) is 1. The smallest absolute Gasteiger partial charge is 0.255 e. The molecule has 1 heterocycles. The molecule has 0 radical (unpaired) electrons. The van der Waals surface area contributed by atoms with Crippen LogP contribution < -0.4 is 21.1 Å². The fraction of sp³-hybridized carbons (Fsp3) is 0.429. The summed E-state index contributed by atoms with van der Waals surface area (Å²) in [5.74, 6) is -0.335. The van der Waals surface area contributed by atoms with E-state index >= 15 is 0 Å². The van der Waals surface area contributed by atoms with E-state index in [0.29, 0.717) is 11.4 Å². The third-order valence-corrected chi connectivity index (χ3v) is 3.05. The second-order valence-electron chi connectivity index (χ2n) is 5.17. The Labute approximate surface area is 122 Å². The number of rotatable bonds is 7. The van der Waals surface area contributed by atoms with Crippen molar-refractivity contribution in [2.45, 2.75) is 12.5 Å². The number of benzene rings is 1. The highest BCUT2D eigenvalue weighted by Crippen LogP contribution is 2.18. The van der Waals surface area contributed by atoms with E-state index in [1.165, 1.54) is 0 Å². The Morgan fingerprint density at radius 3 is 2.76 bits per heavy atom. The number of primary amides is 1. The van der Waals surface area contributed by atoms with Crippen LogP contribution in [0.4, 0.5) is 5.69 Å². The summed E-state index contributed by atoms with van der Waals surface area (Å²) < 4.78 is 10.7. The molecule has 1 aliphatic heterocycles. The van der Waals surface area contributed by atoms with Gasteiger partial charge in [0, 0.05) is 24.8 Å². The van der Waals surface area contributed by atoms with E-state index in [2.05, 4.69) is 10.6 Å². The minimum Gasteiger partial charge on any atom is -0.484 e. The number of hydrogen-bond donors (Lipinski definition) is 3. The van der Waals surface area contributed by atoms with E-state index in [1.54, 1.807) is 24.3 Å². The lowest BCUT2D eigenvalue weighted by atomic mass is 10.0. The van der Waals surface area contributed by atoms with Gasteiger partial charge in [0.1, 0.15) is 12.4 Å². The third-order valence-electron chi connectivity index (χ3n) is 3.05. The molecule has 0 spiro atoms. The molecule has 4 N–H and O–H groups in total. The van der Waals surface area contributed by atoms with Crippen LogP contribution in [0.15, 0.2) is 24.3 Å². The van der Waals surface area contributed by atoms with Gasteiger partial charge in [-0.15, -0.1) is 0 Å². The van der Waals surface area contributed by atoms with Gasteiger partial charge in [-0.25, -0.2) is 0 Å². The van der Waals surface area contributed by atoms with Crippen molar-refractivity contribution >= 4 is 17.5 Å². The maximum absolute atomic E-state index is 11.8. The van der Waals surface area contributed by atoms with E-state index in [4.69, 9.17) is 15.2 Å². The van der Waals surface area contributed by atoms with E-state index in [1.807, 2.05) is 6.92 Å². The zero-order chi connectivity index (χ0) is 15.3. The third kappa shape index (κ3) is 4.73. The number of ether oxygens (including phenoxy) is 2. The molecule has 1 fully saturated rings. The average molecular weight is 293 g/mol. The summed E-state index contributed by atoms with van der Waals surface area (Å²) in [7, 11) is 0. The second-order valence-corrected chi connectivity index (χ2v) is 5.17. The Morgan fingerprint density at radius 2 is 2.14 bits per heavy atom. The number of amides is 2. The molecule has 0 aromatic heterocycles. The van der Waals surface area contributed by atoms with Gasteiger partial charge in [-0.1, -0.05) is 6.07 Å². The molecule has 0 bridgehead atoms. The second kappa shape index (κ2) is 6.55. The Hall–Kier alpha value is -2.12. The molecule has 21 heavy (non-hydrogen) atoms. The first kappa shape index (κ1) is 15.3. The van der Waals surface area contributed by atoms with Crippen LogP contribution in [0.25, 0.3) is 0 Å². The van der Waals surface area contributed by atoms with Crippen LogP contribution in [0.3, 0.4) is 0 Å². The van der Waals surface area contributed by atoms with Crippen molar-refractivity contribution in [3.63, 3.8) is 0 Å². The topological polar surface area (TPSA) is 103 Å². The van der Waals surface area contributed by atoms with Crippen molar-refractivity contribution in [2.24, 2.45) is 5.73 Å².